The summed E-state index contributed by atoms with van der Waals surface area (Å²) in [5.74, 6) is 0.798. The van der Waals surface area contributed by atoms with E-state index in [-0.39, 0.29) is 18.1 Å². The van der Waals surface area contributed by atoms with Crippen LogP contribution in [0.5, 0.6) is 0 Å². The third-order valence-corrected chi connectivity index (χ3v) is 2.77. The third-order valence-electron chi connectivity index (χ3n) is 2.77. The highest BCUT2D eigenvalue weighted by Gasteiger charge is 2.42. The molecule has 0 bridgehead atoms. The number of Topliss-reactive ketones (excluding diaryl/α,β-unsaturated/α-hetero) is 1. The van der Waals surface area contributed by atoms with Crippen molar-refractivity contribution in [1.29, 1.82) is 0 Å². The summed E-state index contributed by atoms with van der Waals surface area (Å²) in [6, 6.07) is 0.450. The van der Waals surface area contributed by atoms with E-state index in [1.54, 1.807) is 0 Å². The third kappa shape index (κ3) is 1.24. The van der Waals surface area contributed by atoms with Crippen molar-refractivity contribution in [2.75, 3.05) is 6.54 Å². The van der Waals surface area contributed by atoms with Crippen molar-refractivity contribution < 1.29 is 9.59 Å². The van der Waals surface area contributed by atoms with Crippen molar-refractivity contribution in [3.63, 3.8) is 0 Å². The fourth-order valence-corrected chi connectivity index (χ4v) is 1.82. The number of likely N-dealkylation sites (tertiary alicyclic amines) is 1. The van der Waals surface area contributed by atoms with Gasteiger partial charge in [-0.05, 0) is 12.3 Å². The number of rotatable bonds is 1. The van der Waals surface area contributed by atoms with Gasteiger partial charge in [-0.1, -0.05) is 6.92 Å². The molecule has 2 rings (SSSR count). The fourth-order valence-electron chi connectivity index (χ4n) is 1.82. The highest BCUT2D eigenvalue weighted by molar-refractivity contribution is 6.00. The van der Waals surface area contributed by atoms with Crippen molar-refractivity contribution in [2.24, 2.45) is 5.92 Å². The lowest BCUT2D eigenvalue weighted by molar-refractivity contribution is -0.140. The highest BCUT2D eigenvalue weighted by Crippen LogP contribution is 2.36. The highest BCUT2D eigenvalue weighted by atomic mass is 16.2. The SMILES string of the molecule is CC1CC1N1CCC(=O)CC1=O. The van der Waals surface area contributed by atoms with Gasteiger partial charge in [-0.2, -0.15) is 0 Å². The maximum atomic E-state index is 11.3. The molecule has 2 atom stereocenters. The molecule has 1 amide bonds. The molecule has 0 N–H and O–H groups in total. The van der Waals surface area contributed by atoms with Gasteiger partial charge in [-0.25, -0.2) is 0 Å². The second kappa shape index (κ2) is 2.57. The minimum Gasteiger partial charge on any atom is -0.339 e. The van der Waals surface area contributed by atoms with E-state index in [4.69, 9.17) is 0 Å². The van der Waals surface area contributed by atoms with Gasteiger partial charge in [-0.15, -0.1) is 0 Å². The average Bonchev–Trinajstić information content (AvgIpc) is 2.66. The van der Waals surface area contributed by atoms with Crippen LogP contribution in [0, 0.1) is 5.92 Å². The quantitative estimate of drug-likeness (QED) is 0.536. The van der Waals surface area contributed by atoms with Crippen LogP contribution in [0.2, 0.25) is 0 Å². The molecule has 2 unspecified atom stereocenters. The largest absolute Gasteiger partial charge is 0.339 e. The first-order chi connectivity index (χ1) is 5.68. The predicted octanol–water partition coefficient (Wildman–Crippen LogP) is 0.586. The van der Waals surface area contributed by atoms with Gasteiger partial charge in [0.05, 0.1) is 6.42 Å². The van der Waals surface area contributed by atoms with Crippen LogP contribution in [0.4, 0.5) is 0 Å². The van der Waals surface area contributed by atoms with Gasteiger partial charge in [0, 0.05) is 19.0 Å². The van der Waals surface area contributed by atoms with Crippen molar-refractivity contribution in [3.8, 4) is 0 Å². The lowest BCUT2D eigenvalue weighted by Crippen LogP contribution is -2.40. The first-order valence-corrected chi connectivity index (χ1v) is 4.49. The molecular formula is C9H13NO2. The van der Waals surface area contributed by atoms with Gasteiger partial charge >= 0.3 is 0 Å². The number of piperidine rings is 1. The lowest BCUT2D eigenvalue weighted by Gasteiger charge is -2.26. The Morgan fingerprint density at radius 2 is 2.08 bits per heavy atom. The molecule has 0 aromatic carbocycles. The van der Waals surface area contributed by atoms with Crippen molar-refractivity contribution in [2.45, 2.75) is 32.2 Å². The van der Waals surface area contributed by atoms with Crippen LogP contribution >= 0.6 is 0 Å². The van der Waals surface area contributed by atoms with E-state index in [0.29, 0.717) is 24.9 Å². The number of ketones is 1. The number of amides is 1. The molecule has 2 aliphatic rings. The zero-order chi connectivity index (χ0) is 8.72. The molecule has 0 radical (unpaired) electrons. The minimum absolute atomic E-state index is 0.0422. The smallest absolute Gasteiger partial charge is 0.230 e. The Hall–Kier alpha value is -0.860. The Bertz CT molecular complexity index is 237. The van der Waals surface area contributed by atoms with Gasteiger partial charge in [0.15, 0.2) is 0 Å². The van der Waals surface area contributed by atoms with E-state index in [9.17, 15) is 9.59 Å². The molecule has 2 fully saturated rings. The normalized spacial score (nSPS) is 35.6. The van der Waals surface area contributed by atoms with Gasteiger partial charge in [0.1, 0.15) is 5.78 Å². The Kier molecular flexibility index (Phi) is 1.67. The summed E-state index contributed by atoms with van der Waals surface area (Å²) >= 11 is 0. The monoisotopic (exact) mass is 167 g/mol. The van der Waals surface area contributed by atoms with E-state index in [1.165, 1.54) is 0 Å². The van der Waals surface area contributed by atoms with Crippen LogP contribution < -0.4 is 0 Å². The molecule has 66 valence electrons. The molecule has 1 saturated carbocycles. The predicted molar refractivity (Wildman–Crippen MR) is 43.5 cm³/mol. The molecule has 3 heteroatoms. The van der Waals surface area contributed by atoms with E-state index >= 15 is 0 Å². The molecule has 1 aliphatic carbocycles. The van der Waals surface area contributed by atoms with E-state index in [0.717, 1.165) is 6.42 Å². The zero-order valence-electron chi connectivity index (χ0n) is 7.25. The minimum atomic E-state index is 0.0422. The molecular weight excluding hydrogens is 154 g/mol. The number of hydrogen-bond acceptors (Lipinski definition) is 2. The van der Waals surface area contributed by atoms with E-state index in [1.807, 2.05) is 4.90 Å². The first-order valence-electron chi connectivity index (χ1n) is 4.49. The van der Waals surface area contributed by atoms with Gasteiger partial charge in [0.2, 0.25) is 5.91 Å². The van der Waals surface area contributed by atoms with Crippen LogP contribution in [-0.2, 0) is 9.59 Å². The molecule has 1 heterocycles. The molecule has 1 saturated heterocycles. The molecule has 3 nitrogen and oxygen atoms in total. The molecule has 12 heavy (non-hydrogen) atoms. The Balaban J connectivity index is 1.99. The second-order valence-corrected chi connectivity index (χ2v) is 3.83. The second-order valence-electron chi connectivity index (χ2n) is 3.83. The molecule has 0 aromatic rings. The van der Waals surface area contributed by atoms with Crippen LogP contribution in [0.1, 0.15) is 26.2 Å². The maximum Gasteiger partial charge on any atom is 0.230 e. The summed E-state index contributed by atoms with van der Waals surface area (Å²) in [4.78, 5) is 24.1. The van der Waals surface area contributed by atoms with Crippen LogP contribution in [0.15, 0.2) is 0 Å². The lowest BCUT2D eigenvalue weighted by atomic mass is 10.1. The number of hydrogen-bond donors (Lipinski definition) is 0. The number of carbonyl (C=O) groups is 2. The van der Waals surface area contributed by atoms with Gasteiger partial charge in [-0.3, -0.25) is 9.59 Å². The van der Waals surface area contributed by atoms with Crippen molar-refractivity contribution in [1.82, 2.24) is 4.90 Å². The Labute approximate surface area is 71.7 Å². The summed E-state index contributed by atoms with van der Waals surface area (Å²) in [5, 5.41) is 0. The summed E-state index contributed by atoms with van der Waals surface area (Å²) in [5.41, 5.74) is 0. The van der Waals surface area contributed by atoms with E-state index in [2.05, 4.69) is 6.92 Å². The number of carbonyl (C=O) groups excluding carboxylic acids is 2. The topological polar surface area (TPSA) is 37.4 Å². The van der Waals surface area contributed by atoms with Crippen LogP contribution in [0.25, 0.3) is 0 Å². The molecule has 1 aliphatic heterocycles. The summed E-state index contributed by atoms with van der Waals surface area (Å²) in [6.07, 6.45) is 1.83. The maximum absolute atomic E-state index is 11.3. The summed E-state index contributed by atoms with van der Waals surface area (Å²) in [7, 11) is 0. The van der Waals surface area contributed by atoms with Crippen molar-refractivity contribution >= 4 is 11.7 Å². The van der Waals surface area contributed by atoms with Gasteiger partial charge in [0.25, 0.3) is 0 Å². The fraction of sp³-hybridized carbons (Fsp3) is 0.778. The average molecular weight is 167 g/mol. The Morgan fingerprint density at radius 3 is 2.58 bits per heavy atom. The van der Waals surface area contributed by atoms with Crippen LogP contribution in [-0.4, -0.2) is 29.2 Å². The Morgan fingerprint density at radius 1 is 1.42 bits per heavy atom. The number of nitrogens with zero attached hydrogens (tertiary/aromatic N) is 1. The van der Waals surface area contributed by atoms with Crippen LogP contribution in [0.3, 0.4) is 0 Å². The van der Waals surface area contributed by atoms with Crippen molar-refractivity contribution in [3.05, 3.63) is 0 Å². The standard InChI is InChI=1S/C9H13NO2/c1-6-4-8(6)10-3-2-7(11)5-9(10)12/h6,8H,2-5H2,1H3. The first kappa shape index (κ1) is 7.77. The van der Waals surface area contributed by atoms with E-state index < -0.39 is 0 Å². The molecule has 0 aromatic heterocycles. The van der Waals surface area contributed by atoms with Gasteiger partial charge < -0.3 is 4.90 Å². The summed E-state index contributed by atoms with van der Waals surface area (Å²) < 4.78 is 0. The zero-order valence-corrected chi connectivity index (χ0v) is 7.25. The summed E-state index contributed by atoms with van der Waals surface area (Å²) in [6.45, 7) is 2.81. The molecule has 0 spiro atoms.